The maximum absolute atomic E-state index is 12.5. The average Bonchev–Trinajstić information content (AvgIpc) is 2.60. The number of likely N-dealkylation sites (tertiary alicyclic amines) is 1. The number of aliphatic hydroxyl groups excluding tert-OH is 1. The first-order chi connectivity index (χ1) is 11.6. The number of anilines is 1. The minimum Gasteiger partial charge on any atom is -0.393 e. The lowest BCUT2D eigenvalue weighted by molar-refractivity contribution is -0.133. The normalized spacial score (nSPS) is 22.2. The Hall–Kier alpha value is -1.88. The molecule has 0 bridgehead atoms. The summed E-state index contributed by atoms with van der Waals surface area (Å²) in [5.41, 5.74) is 2.12. The van der Waals surface area contributed by atoms with Gasteiger partial charge >= 0.3 is 0 Å². The van der Waals surface area contributed by atoms with Crippen molar-refractivity contribution in [3.05, 3.63) is 29.8 Å². The first kappa shape index (κ1) is 17.0. The standard InChI is InChI=1S/C19H26N2O3/c1-14(22)16-6-4-11-20(13-16)18(23)10-12-21-17-7-3-2-5-15(17)8-9-19(21)24/h2-3,5,7,14,16,22H,4,6,8-13H2,1H3. The Morgan fingerprint density at radius 1 is 1.33 bits per heavy atom. The van der Waals surface area contributed by atoms with E-state index in [1.54, 1.807) is 11.8 Å². The Labute approximate surface area is 143 Å². The highest BCUT2D eigenvalue weighted by Gasteiger charge is 2.28. The predicted molar refractivity (Wildman–Crippen MR) is 92.7 cm³/mol. The molecular formula is C19H26N2O3. The number of hydrogen-bond donors (Lipinski definition) is 1. The molecule has 1 N–H and O–H groups in total. The SMILES string of the molecule is CC(O)C1CCCN(C(=O)CCN2C(=O)CCc3ccccc32)C1. The number of para-hydroxylation sites is 1. The van der Waals surface area contributed by atoms with Crippen molar-refractivity contribution < 1.29 is 14.7 Å². The Bertz CT molecular complexity index is 614. The maximum Gasteiger partial charge on any atom is 0.227 e. The van der Waals surface area contributed by atoms with Gasteiger partial charge in [0.05, 0.1) is 6.10 Å². The number of rotatable bonds is 4. The van der Waals surface area contributed by atoms with E-state index in [2.05, 4.69) is 6.07 Å². The van der Waals surface area contributed by atoms with Gasteiger partial charge in [0.1, 0.15) is 0 Å². The fourth-order valence-corrected chi connectivity index (χ4v) is 3.74. The van der Waals surface area contributed by atoms with Gasteiger partial charge in [-0.2, -0.15) is 0 Å². The van der Waals surface area contributed by atoms with Gasteiger partial charge in [-0.1, -0.05) is 18.2 Å². The van der Waals surface area contributed by atoms with Crippen molar-refractivity contribution in [3.63, 3.8) is 0 Å². The van der Waals surface area contributed by atoms with Crippen LogP contribution >= 0.6 is 0 Å². The summed E-state index contributed by atoms with van der Waals surface area (Å²) in [6.07, 6.45) is 3.16. The van der Waals surface area contributed by atoms with Gasteiger partial charge in [-0.15, -0.1) is 0 Å². The molecule has 1 aromatic carbocycles. The second-order valence-electron chi connectivity index (χ2n) is 6.91. The van der Waals surface area contributed by atoms with E-state index in [9.17, 15) is 14.7 Å². The number of carbonyl (C=O) groups excluding carboxylic acids is 2. The van der Waals surface area contributed by atoms with Gasteiger partial charge in [0.15, 0.2) is 0 Å². The molecule has 130 valence electrons. The Morgan fingerprint density at radius 3 is 2.92 bits per heavy atom. The molecule has 0 spiro atoms. The fraction of sp³-hybridized carbons (Fsp3) is 0.579. The number of aliphatic hydroxyl groups is 1. The van der Waals surface area contributed by atoms with E-state index in [0.29, 0.717) is 25.9 Å². The van der Waals surface area contributed by atoms with Gasteiger partial charge in [0.25, 0.3) is 0 Å². The molecular weight excluding hydrogens is 304 g/mol. The van der Waals surface area contributed by atoms with Crippen LogP contribution in [0.4, 0.5) is 5.69 Å². The molecule has 0 radical (unpaired) electrons. The Balaban J connectivity index is 1.61. The summed E-state index contributed by atoms with van der Waals surface area (Å²) in [5, 5.41) is 9.76. The zero-order chi connectivity index (χ0) is 17.1. The molecule has 5 heteroatoms. The van der Waals surface area contributed by atoms with E-state index in [-0.39, 0.29) is 23.8 Å². The number of carbonyl (C=O) groups is 2. The predicted octanol–water partition coefficient (Wildman–Crippen LogP) is 1.98. The molecule has 1 fully saturated rings. The second-order valence-corrected chi connectivity index (χ2v) is 6.91. The van der Waals surface area contributed by atoms with Gasteiger partial charge < -0.3 is 14.9 Å². The van der Waals surface area contributed by atoms with Gasteiger partial charge in [-0.25, -0.2) is 0 Å². The number of nitrogens with zero attached hydrogens (tertiary/aromatic N) is 2. The van der Waals surface area contributed by atoms with Crippen LogP contribution in [0.5, 0.6) is 0 Å². The number of hydrogen-bond acceptors (Lipinski definition) is 3. The Kier molecular flexibility index (Phi) is 5.19. The van der Waals surface area contributed by atoms with E-state index >= 15 is 0 Å². The number of aryl methyl sites for hydroxylation is 1. The van der Waals surface area contributed by atoms with Crippen LogP contribution in [0.25, 0.3) is 0 Å². The second kappa shape index (κ2) is 7.34. The molecule has 5 nitrogen and oxygen atoms in total. The largest absolute Gasteiger partial charge is 0.393 e. The third-order valence-corrected chi connectivity index (χ3v) is 5.23. The van der Waals surface area contributed by atoms with E-state index in [1.807, 2.05) is 23.1 Å². The zero-order valence-electron chi connectivity index (χ0n) is 14.3. The van der Waals surface area contributed by atoms with Crippen LogP contribution in [0.15, 0.2) is 24.3 Å². The lowest BCUT2D eigenvalue weighted by Crippen LogP contribution is -2.44. The van der Waals surface area contributed by atoms with E-state index in [0.717, 1.165) is 31.5 Å². The van der Waals surface area contributed by atoms with Gasteiger partial charge in [0, 0.05) is 44.1 Å². The summed E-state index contributed by atoms with van der Waals surface area (Å²) in [6, 6.07) is 7.93. The summed E-state index contributed by atoms with van der Waals surface area (Å²) in [5.74, 6) is 0.346. The van der Waals surface area contributed by atoms with Crippen LogP contribution in [0.2, 0.25) is 0 Å². The van der Waals surface area contributed by atoms with Crippen LogP contribution in [0.1, 0.15) is 38.2 Å². The molecule has 2 heterocycles. The van der Waals surface area contributed by atoms with Crippen molar-refractivity contribution in [3.8, 4) is 0 Å². The van der Waals surface area contributed by atoms with Crippen LogP contribution in [-0.4, -0.2) is 47.6 Å². The summed E-state index contributed by atoms with van der Waals surface area (Å²) < 4.78 is 0. The molecule has 1 saturated heterocycles. The van der Waals surface area contributed by atoms with E-state index in [1.165, 1.54) is 5.56 Å². The van der Waals surface area contributed by atoms with Crippen molar-refractivity contribution >= 4 is 17.5 Å². The first-order valence-corrected chi connectivity index (χ1v) is 8.90. The number of amides is 2. The smallest absolute Gasteiger partial charge is 0.227 e. The molecule has 2 unspecified atom stereocenters. The van der Waals surface area contributed by atoms with Crippen molar-refractivity contribution in [1.82, 2.24) is 4.90 Å². The topological polar surface area (TPSA) is 60.9 Å². The van der Waals surface area contributed by atoms with E-state index in [4.69, 9.17) is 0 Å². The van der Waals surface area contributed by atoms with Crippen LogP contribution in [0, 0.1) is 5.92 Å². The summed E-state index contributed by atoms with van der Waals surface area (Å²) in [6.45, 7) is 3.61. The summed E-state index contributed by atoms with van der Waals surface area (Å²) in [4.78, 5) is 28.4. The summed E-state index contributed by atoms with van der Waals surface area (Å²) >= 11 is 0. The molecule has 0 aromatic heterocycles. The van der Waals surface area contributed by atoms with Crippen molar-refractivity contribution in [2.45, 2.75) is 45.1 Å². The highest BCUT2D eigenvalue weighted by atomic mass is 16.3. The first-order valence-electron chi connectivity index (χ1n) is 8.90. The minimum atomic E-state index is -0.379. The lowest BCUT2D eigenvalue weighted by atomic mass is 9.93. The van der Waals surface area contributed by atoms with Gasteiger partial charge in [0.2, 0.25) is 11.8 Å². The molecule has 24 heavy (non-hydrogen) atoms. The number of fused-ring (bicyclic) bond motifs is 1. The van der Waals surface area contributed by atoms with Gasteiger partial charge in [-0.05, 0) is 37.8 Å². The fourth-order valence-electron chi connectivity index (χ4n) is 3.74. The Morgan fingerprint density at radius 2 is 2.12 bits per heavy atom. The quantitative estimate of drug-likeness (QED) is 0.918. The third-order valence-electron chi connectivity index (χ3n) is 5.23. The van der Waals surface area contributed by atoms with Crippen molar-refractivity contribution in [2.75, 3.05) is 24.5 Å². The lowest BCUT2D eigenvalue weighted by Gasteiger charge is -2.35. The van der Waals surface area contributed by atoms with Crippen molar-refractivity contribution in [2.24, 2.45) is 5.92 Å². The van der Waals surface area contributed by atoms with Crippen molar-refractivity contribution in [1.29, 1.82) is 0 Å². The minimum absolute atomic E-state index is 0.0798. The highest BCUT2D eigenvalue weighted by Crippen LogP contribution is 2.28. The zero-order valence-corrected chi connectivity index (χ0v) is 14.3. The molecule has 3 rings (SSSR count). The number of piperidine rings is 1. The van der Waals surface area contributed by atoms with Gasteiger partial charge in [-0.3, -0.25) is 9.59 Å². The molecule has 2 atom stereocenters. The molecule has 2 aliphatic heterocycles. The van der Waals surface area contributed by atoms with E-state index < -0.39 is 0 Å². The molecule has 0 saturated carbocycles. The number of benzene rings is 1. The summed E-state index contributed by atoms with van der Waals surface area (Å²) in [7, 11) is 0. The van der Waals surface area contributed by atoms with Crippen LogP contribution < -0.4 is 4.90 Å². The van der Waals surface area contributed by atoms with Crippen LogP contribution in [-0.2, 0) is 16.0 Å². The average molecular weight is 330 g/mol. The molecule has 0 aliphatic carbocycles. The molecule has 2 amide bonds. The highest BCUT2D eigenvalue weighted by molar-refractivity contribution is 5.97. The maximum atomic E-state index is 12.5. The molecule has 1 aromatic rings. The van der Waals surface area contributed by atoms with Crippen LogP contribution in [0.3, 0.4) is 0 Å². The monoisotopic (exact) mass is 330 g/mol. The molecule has 2 aliphatic rings. The third kappa shape index (κ3) is 3.61.